The van der Waals surface area contributed by atoms with E-state index in [9.17, 15) is 9.18 Å². The van der Waals surface area contributed by atoms with E-state index in [0.717, 1.165) is 31.6 Å². The maximum Gasteiger partial charge on any atom is 0.166 e. The summed E-state index contributed by atoms with van der Waals surface area (Å²) in [7, 11) is 0. The van der Waals surface area contributed by atoms with Gasteiger partial charge in [-0.3, -0.25) is 4.79 Å². The van der Waals surface area contributed by atoms with Crippen LogP contribution >= 0.6 is 15.9 Å². The number of carbonyl (C=O) groups is 1. The first-order valence-corrected chi connectivity index (χ1v) is 6.86. The van der Waals surface area contributed by atoms with Crippen LogP contribution in [0.4, 0.5) is 4.39 Å². The standard InChI is InChI=1S/C14H16BrFO/c1-9-2-4-10(5-3-9)14(17)11-6-12(15)8-13(16)7-11/h6-10H,2-5H2,1H3. The third kappa shape index (κ3) is 3.15. The molecule has 1 aliphatic carbocycles. The molecule has 17 heavy (non-hydrogen) atoms. The lowest BCUT2D eigenvalue weighted by atomic mass is 9.79. The molecule has 0 heterocycles. The van der Waals surface area contributed by atoms with E-state index in [1.807, 2.05) is 0 Å². The summed E-state index contributed by atoms with van der Waals surface area (Å²) in [6.45, 7) is 2.22. The summed E-state index contributed by atoms with van der Waals surface area (Å²) in [5, 5.41) is 0. The summed E-state index contributed by atoms with van der Waals surface area (Å²) in [4.78, 5) is 12.2. The lowest BCUT2D eigenvalue weighted by Gasteiger charge is -2.25. The highest BCUT2D eigenvalue weighted by molar-refractivity contribution is 9.10. The van der Waals surface area contributed by atoms with Crippen LogP contribution in [-0.4, -0.2) is 5.78 Å². The normalized spacial score (nSPS) is 24.6. The Morgan fingerprint density at radius 3 is 2.47 bits per heavy atom. The molecule has 1 fully saturated rings. The first-order valence-electron chi connectivity index (χ1n) is 6.06. The number of benzene rings is 1. The molecule has 0 N–H and O–H groups in total. The molecule has 0 unspecified atom stereocenters. The average Bonchev–Trinajstić information content (AvgIpc) is 2.28. The Morgan fingerprint density at radius 2 is 1.88 bits per heavy atom. The van der Waals surface area contributed by atoms with Crippen molar-refractivity contribution in [2.75, 3.05) is 0 Å². The van der Waals surface area contributed by atoms with Gasteiger partial charge in [0, 0.05) is 16.0 Å². The molecule has 0 aromatic heterocycles. The van der Waals surface area contributed by atoms with Crippen LogP contribution in [0.1, 0.15) is 43.0 Å². The summed E-state index contributed by atoms with van der Waals surface area (Å²) in [5.41, 5.74) is 0.497. The Morgan fingerprint density at radius 1 is 1.24 bits per heavy atom. The van der Waals surface area contributed by atoms with Crippen molar-refractivity contribution >= 4 is 21.7 Å². The zero-order chi connectivity index (χ0) is 12.4. The van der Waals surface area contributed by atoms with Crippen LogP contribution in [0.25, 0.3) is 0 Å². The molecule has 92 valence electrons. The SMILES string of the molecule is CC1CCC(C(=O)c2cc(F)cc(Br)c2)CC1. The lowest BCUT2D eigenvalue weighted by Crippen LogP contribution is -2.21. The number of carbonyl (C=O) groups excluding carboxylic acids is 1. The molecule has 0 bridgehead atoms. The number of Topliss-reactive ketones (excluding diaryl/α,β-unsaturated/α-hetero) is 1. The van der Waals surface area contributed by atoms with E-state index in [2.05, 4.69) is 22.9 Å². The van der Waals surface area contributed by atoms with Gasteiger partial charge in [0.25, 0.3) is 0 Å². The number of halogens is 2. The van der Waals surface area contributed by atoms with Crippen LogP contribution in [0.5, 0.6) is 0 Å². The minimum atomic E-state index is -0.355. The molecule has 0 atom stereocenters. The molecule has 0 spiro atoms. The van der Waals surface area contributed by atoms with E-state index in [-0.39, 0.29) is 17.5 Å². The number of hydrogen-bond acceptors (Lipinski definition) is 1. The minimum Gasteiger partial charge on any atom is -0.294 e. The molecule has 0 amide bonds. The van der Waals surface area contributed by atoms with E-state index in [1.165, 1.54) is 12.1 Å². The fraction of sp³-hybridized carbons (Fsp3) is 0.500. The van der Waals surface area contributed by atoms with Crippen LogP contribution in [-0.2, 0) is 0 Å². The molecule has 1 aromatic carbocycles. The van der Waals surface area contributed by atoms with Gasteiger partial charge in [-0.15, -0.1) is 0 Å². The summed E-state index contributed by atoms with van der Waals surface area (Å²) < 4.78 is 13.9. The van der Waals surface area contributed by atoms with E-state index < -0.39 is 0 Å². The monoisotopic (exact) mass is 298 g/mol. The quantitative estimate of drug-likeness (QED) is 0.730. The molecular formula is C14H16BrFO. The third-order valence-electron chi connectivity index (χ3n) is 3.53. The Kier molecular flexibility index (Phi) is 3.97. The van der Waals surface area contributed by atoms with Crippen LogP contribution in [0.3, 0.4) is 0 Å². The van der Waals surface area contributed by atoms with Crippen molar-refractivity contribution in [3.8, 4) is 0 Å². The maximum absolute atomic E-state index is 13.2. The van der Waals surface area contributed by atoms with Gasteiger partial charge in [0.05, 0.1) is 0 Å². The molecule has 1 aliphatic rings. The molecule has 0 aliphatic heterocycles. The summed E-state index contributed by atoms with van der Waals surface area (Å²) in [6.07, 6.45) is 4.09. The predicted molar refractivity (Wildman–Crippen MR) is 69.6 cm³/mol. The predicted octanol–water partition coefficient (Wildman–Crippen LogP) is 4.60. The van der Waals surface area contributed by atoms with E-state index in [0.29, 0.717) is 10.0 Å². The van der Waals surface area contributed by atoms with Gasteiger partial charge in [0.2, 0.25) is 0 Å². The van der Waals surface area contributed by atoms with Crippen molar-refractivity contribution < 1.29 is 9.18 Å². The van der Waals surface area contributed by atoms with E-state index in [4.69, 9.17) is 0 Å². The van der Waals surface area contributed by atoms with Crippen LogP contribution < -0.4 is 0 Å². The topological polar surface area (TPSA) is 17.1 Å². The van der Waals surface area contributed by atoms with Gasteiger partial charge in [-0.1, -0.05) is 35.7 Å². The van der Waals surface area contributed by atoms with Crippen LogP contribution in [0.15, 0.2) is 22.7 Å². The van der Waals surface area contributed by atoms with Crippen molar-refractivity contribution in [2.45, 2.75) is 32.6 Å². The minimum absolute atomic E-state index is 0.0832. The number of hydrogen-bond donors (Lipinski definition) is 0. The first kappa shape index (κ1) is 12.7. The lowest BCUT2D eigenvalue weighted by molar-refractivity contribution is 0.0875. The molecule has 1 saturated carbocycles. The van der Waals surface area contributed by atoms with Gasteiger partial charge >= 0.3 is 0 Å². The van der Waals surface area contributed by atoms with Crippen molar-refractivity contribution in [2.24, 2.45) is 11.8 Å². The van der Waals surface area contributed by atoms with Crippen LogP contribution in [0.2, 0.25) is 0 Å². The Hall–Kier alpha value is -0.700. The van der Waals surface area contributed by atoms with Gasteiger partial charge in [-0.2, -0.15) is 0 Å². The smallest absolute Gasteiger partial charge is 0.166 e. The van der Waals surface area contributed by atoms with Gasteiger partial charge in [-0.25, -0.2) is 4.39 Å². The highest BCUT2D eigenvalue weighted by Crippen LogP contribution is 2.31. The van der Waals surface area contributed by atoms with E-state index in [1.54, 1.807) is 6.07 Å². The third-order valence-corrected chi connectivity index (χ3v) is 3.99. The molecule has 0 radical (unpaired) electrons. The second-order valence-electron chi connectivity index (χ2n) is 4.98. The second-order valence-corrected chi connectivity index (χ2v) is 5.89. The summed E-state index contributed by atoms with van der Waals surface area (Å²) in [5.74, 6) is 0.544. The van der Waals surface area contributed by atoms with Gasteiger partial charge in [0.1, 0.15) is 5.82 Å². The largest absolute Gasteiger partial charge is 0.294 e. The van der Waals surface area contributed by atoms with Gasteiger partial charge in [-0.05, 0) is 37.0 Å². The molecule has 3 heteroatoms. The van der Waals surface area contributed by atoms with E-state index >= 15 is 0 Å². The molecular weight excluding hydrogens is 283 g/mol. The van der Waals surface area contributed by atoms with Crippen molar-refractivity contribution in [3.63, 3.8) is 0 Å². The van der Waals surface area contributed by atoms with Crippen LogP contribution in [0, 0.1) is 17.7 Å². The van der Waals surface area contributed by atoms with Gasteiger partial charge < -0.3 is 0 Å². The first-order chi connectivity index (χ1) is 8.06. The maximum atomic E-state index is 13.2. The molecule has 0 saturated heterocycles. The Labute approximate surface area is 110 Å². The van der Waals surface area contributed by atoms with Gasteiger partial charge in [0.15, 0.2) is 5.78 Å². The van der Waals surface area contributed by atoms with Crippen molar-refractivity contribution in [1.82, 2.24) is 0 Å². The molecule has 2 rings (SSSR count). The number of ketones is 1. The highest BCUT2D eigenvalue weighted by atomic mass is 79.9. The Balaban J connectivity index is 2.14. The zero-order valence-electron chi connectivity index (χ0n) is 9.88. The number of rotatable bonds is 2. The molecule has 1 aromatic rings. The highest BCUT2D eigenvalue weighted by Gasteiger charge is 2.25. The zero-order valence-corrected chi connectivity index (χ0v) is 11.5. The summed E-state index contributed by atoms with van der Waals surface area (Å²) in [6, 6.07) is 4.42. The molecule has 1 nitrogen and oxygen atoms in total. The fourth-order valence-electron chi connectivity index (χ4n) is 2.45. The second kappa shape index (κ2) is 5.30. The van der Waals surface area contributed by atoms with Crippen molar-refractivity contribution in [1.29, 1.82) is 0 Å². The Bertz CT molecular complexity index is 402. The van der Waals surface area contributed by atoms with Crippen molar-refractivity contribution in [3.05, 3.63) is 34.1 Å². The fourth-order valence-corrected chi connectivity index (χ4v) is 2.92. The average molecular weight is 299 g/mol. The summed E-state index contributed by atoms with van der Waals surface area (Å²) >= 11 is 3.22.